The van der Waals surface area contributed by atoms with E-state index in [1.807, 2.05) is 34.5 Å². The van der Waals surface area contributed by atoms with E-state index in [9.17, 15) is 22.8 Å². The number of rotatable bonds is 5. The molecule has 1 fully saturated rings. The zero-order chi connectivity index (χ0) is 18.4. The number of hydrogen-bond acceptors (Lipinski definition) is 4. The summed E-state index contributed by atoms with van der Waals surface area (Å²) in [6.07, 6.45) is -2.76. The Morgan fingerprint density at radius 1 is 1.28 bits per heavy atom. The molecule has 138 valence electrons. The number of likely N-dealkylation sites (tertiary alicyclic amines) is 1. The molecule has 1 saturated heterocycles. The number of benzene rings is 1. The highest BCUT2D eigenvalue weighted by Crippen LogP contribution is 2.32. The number of nitrogens with zero attached hydrogens (tertiary/aromatic N) is 1. The summed E-state index contributed by atoms with van der Waals surface area (Å²) in [6, 6.07) is 6.36. The van der Waals surface area contributed by atoms with Gasteiger partial charge in [-0.3, -0.25) is 15.0 Å². The maximum atomic E-state index is 12.0. The molecule has 0 bridgehead atoms. The van der Waals surface area contributed by atoms with E-state index in [1.165, 1.54) is 0 Å². The van der Waals surface area contributed by atoms with Gasteiger partial charge in [0.25, 0.3) is 0 Å². The SMILES string of the molecule is COc1ccc(C2CCCN2CC(=O)NC(=O)NCC(F)(F)F)cc1. The van der Waals surface area contributed by atoms with E-state index < -0.39 is 24.7 Å². The van der Waals surface area contributed by atoms with Gasteiger partial charge < -0.3 is 10.1 Å². The van der Waals surface area contributed by atoms with Gasteiger partial charge in [0.1, 0.15) is 12.3 Å². The van der Waals surface area contributed by atoms with Gasteiger partial charge in [0.15, 0.2) is 0 Å². The van der Waals surface area contributed by atoms with Gasteiger partial charge in [0, 0.05) is 6.04 Å². The smallest absolute Gasteiger partial charge is 0.405 e. The molecule has 6 nitrogen and oxygen atoms in total. The lowest BCUT2D eigenvalue weighted by molar-refractivity contribution is -0.125. The number of methoxy groups -OCH3 is 1. The standard InChI is InChI=1S/C16H20F3N3O3/c1-25-12-6-4-11(5-7-12)13-3-2-8-22(13)9-14(23)21-15(24)20-10-16(17,18)19/h4-7,13H,2-3,8-10H2,1H3,(H2,20,21,23,24). The molecular formula is C16H20F3N3O3. The van der Waals surface area contributed by atoms with Gasteiger partial charge in [-0.25, -0.2) is 4.79 Å². The molecule has 3 amide bonds. The van der Waals surface area contributed by atoms with E-state index in [2.05, 4.69) is 0 Å². The van der Waals surface area contributed by atoms with Gasteiger partial charge in [0.2, 0.25) is 5.91 Å². The summed E-state index contributed by atoms with van der Waals surface area (Å²) in [5.74, 6) is 0.0902. The molecule has 0 radical (unpaired) electrons. The number of nitrogens with one attached hydrogen (secondary N) is 2. The van der Waals surface area contributed by atoms with E-state index in [4.69, 9.17) is 4.74 Å². The molecule has 1 unspecified atom stereocenters. The van der Waals surface area contributed by atoms with E-state index in [-0.39, 0.29) is 12.6 Å². The third-order valence-corrected chi connectivity index (χ3v) is 3.91. The molecule has 1 aliphatic heterocycles. The van der Waals surface area contributed by atoms with Gasteiger partial charge in [-0.05, 0) is 37.1 Å². The molecule has 1 aromatic rings. The van der Waals surface area contributed by atoms with Crippen LogP contribution in [0.5, 0.6) is 5.75 Å². The minimum Gasteiger partial charge on any atom is -0.497 e. The summed E-state index contributed by atoms with van der Waals surface area (Å²) in [4.78, 5) is 25.1. The second kappa shape index (κ2) is 8.19. The van der Waals surface area contributed by atoms with Gasteiger partial charge in [0.05, 0.1) is 13.7 Å². The van der Waals surface area contributed by atoms with Gasteiger partial charge in [-0.1, -0.05) is 12.1 Å². The summed E-state index contributed by atoms with van der Waals surface area (Å²) in [7, 11) is 1.57. The molecule has 2 rings (SSSR count). The van der Waals surface area contributed by atoms with E-state index in [0.29, 0.717) is 6.54 Å². The highest BCUT2D eigenvalue weighted by Gasteiger charge is 2.30. The second-order valence-corrected chi connectivity index (χ2v) is 5.75. The number of carbonyl (C=O) groups is 2. The Balaban J connectivity index is 1.87. The number of imide groups is 1. The zero-order valence-corrected chi connectivity index (χ0v) is 13.7. The normalized spacial score (nSPS) is 18.0. The first-order chi connectivity index (χ1) is 11.8. The minimum atomic E-state index is -4.52. The monoisotopic (exact) mass is 359 g/mol. The van der Waals surface area contributed by atoms with Gasteiger partial charge in [-0.2, -0.15) is 13.2 Å². The summed E-state index contributed by atoms with van der Waals surface area (Å²) >= 11 is 0. The van der Waals surface area contributed by atoms with Crippen LogP contribution in [0.4, 0.5) is 18.0 Å². The first-order valence-corrected chi connectivity index (χ1v) is 7.81. The molecule has 0 aromatic heterocycles. The van der Waals surface area contributed by atoms with Crippen LogP contribution >= 0.6 is 0 Å². The van der Waals surface area contributed by atoms with Crippen LogP contribution in [0.3, 0.4) is 0 Å². The van der Waals surface area contributed by atoms with Crippen molar-refractivity contribution in [3.8, 4) is 5.75 Å². The van der Waals surface area contributed by atoms with E-state index >= 15 is 0 Å². The number of ether oxygens (including phenoxy) is 1. The minimum absolute atomic E-state index is 0.0230. The predicted molar refractivity (Wildman–Crippen MR) is 84.1 cm³/mol. The van der Waals surface area contributed by atoms with E-state index in [1.54, 1.807) is 12.4 Å². The van der Waals surface area contributed by atoms with Crippen molar-refractivity contribution < 1.29 is 27.5 Å². The Kier molecular flexibility index (Phi) is 6.24. The van der Waals surface area contributed by atoms with E-state index in [0.717, 1.165) is 24.2 Å². The van der Waals surface area contributed by atoms with Crippen molar-refractivity contribution in [1.82, 2.24) is 15.5 Å². The van der Waals surface area contributed by atoms with Crippen molar-refractivity contribution in [2.45, 2.75) is 25.1 Å². The predicted octanol–water partition coefficient (Wildman–Crippen LogP) is 2.22. The fourth-order valence-corrected chi connectivity index (χ4v) is 2.79. The molecule has 0 aliphatic carbocycles. The molecule has 1 aliphatic rings. The molecule has 2 N–H and O–H groups in total. The van der Waals surface area contributed by atoms with Gasteiger partial charge >= 0.3 is 12.2 Å². The van der Waals surface area contributed by atoms with Crippen LogP contribution in [0.2, 0.25) is 0 Å². The summed E-state index contributed by atoms with van der Waals surface area (Å²) < 4.78 is 41.2. The van der Waals surface area contributed by atoms with Crippen molar-refractivity contribution in [3.63, 3.8) is 0 Å². The number of amides is 3. The highest BCUT2D eigenvalue weighted by molar-refractivity contribution is 5.95. The average Bonchev–Trinajstić information content (AvgIpc) is 3.00. The molecule has 25 heavy (non-hydrogen) atoms. The Hall–Kier alpha value is -2.29. The lowest BCUT2D eigenvalue weighted by Crippen LogP contribution is -2.46. The Morgan fingerprint density at radius 3 is 2.56 bits per heavy atom. The number of hydrogen-bond donors (Lipinski definition) is 2. The lowest BCUT2D eigenvalue weighted by atomic mass is 10.0. The van der Waals surface area contributed by atoms with Gasteiger partial charge in [-0.15, -0.1) is 0 Å². The third kappa shape index (κ3) is 5.93. The van der Waals surface area contributed by atoms with Crippen LogP contribution in [-0.4, -0.2) is 49.8 Å². The molecule has 1 heterocycles. The second-order valence-electron chi connectivity index (χ2n) is 5.75. The third-order valence-electron chi connectivity index (χ3n) is 3.91. The van der Waals surface area contributed by atoms with Crippen molar-refractivity contribution in [2.24, 2.45) is 0 Å². The summed E-state index contributed by atoms with van der Waals surface area (Å²) in [5, 5.41) is 3.52. The Morgan fingerprint density at radius 2 is 1.96 bits per heavy atom. The first-order valence-electron chi connectivity index (χ1n) is 7.81. The van der Waals surface area contributed by atoms with Crippen LogP contribution in [0.1, 0.15) is 24.4 Å². The molecular weight excluding hydrogens is 339 g/mol. The van der Waals surface area contributed by atoms with Crippen molar-refractivity contribution in [3.05, 3.63) is 29.8 Å². The number of halogens is 3. The van der Waals surface area contributed by atoms with Crippen LogP contribution in [0.15, 0.2) is 24.3 Å². The van der Waals surface area contributed by atoms with Crippen molar-refractivity contribution >= 4 is 11.9 Å². The average molecular weight is 359 g/mol. The highest BCUT2D eigenvalue weighted by atomic mass is 19.4. The molecule has 9 heteroatoms. The quantitative estimate of drug-likeness (QED) is 0.846. The van der Waals surface area contributed by atoms with Crippen LogP contribution < -0.4 is 15.4 Å². The Bertz CT molecular complexity index is 605. The summed E-state index contributed by atoms with van der Waals surface area (Å²) in [6.45, 7) is -0.866. The molecule has 1 atom stereocenters. The van der Waals surface area contributed by atoms with Crippen LogP contribution in [0.25, 0.3) is 0 Å². The van der Waals surface area contributed by atoms with Crippen LogP contribution in [0, 0.1) is 0 Å². The first kappa shape index (κ1) is 19.0. The zero-order valence-electron chi connectivity index (χ0n) is 13.7. The fourth-order valence-electron chi connectivity index (χ4n) is 2.79. The van der Waals surface area contributed by atoms with Crippen molar-refractivity contribution in [2.75, 3.05) is 26.7 Å². The fraction of sp³-hybridized carbons (Fsp3) is 0.500. The number of alkyl halides is 3. The maximum absolute atomic E-state index is 12.0. The van der Waals surface area contributed by atoms with Crippen LogP contribution in [-0.2, 0) is 4.79 Å². The topological polar surface area (TPSA) is 70.7 Å². The molecule has 0 saturated carbocycles. The summed E-state index contributed by atoms with van der Waals surface area (Å²) in [5.41, 5.74) is 1.02. The molecule has 1 aromatic carbocycles. The Labute approximate surface area is 143 Å². The lowest BCUT2D eigenvalue weighted by Gasteiger charge is -2.24. The molecule has 0 spiro atoms. The maximum Gasteiger partial charge on any atom is 0.405 e. The number of urea groups is 1. The largest absolute Gasteiger partial charge is 0.497 e. The van der Waals surface area contributed by atoms with Crippen molar-refractivity contribution in [1.29, 1.82) is 0 Å². The number of carbonyl (C=O) groups excluding carboxylic acids is 2.